The number of anilines is 2. The first-order valence-corrected chi connectivity index (χ1v) is 8.70. The van der Waals surface area contributed by atoms with Crippen molar-refractivity contribution in [2.45, 2.75) is 20.8 Å². The molecule has 0 aliphatic heterocycles. The fourth-order valence-corrected chi connectivity index (χ4v) is 2.78. The lowest BCUT2D eigenvalue weighted by molar-refractivity contribution is 0.252. The molecule has 0 saturated carbocycles. The smallest absolute Gasteiger partial charge is 0.319 e. The lowest BCUT2D eigenvalue weighted by atomic mass is 10.1. The molecule has 0 aliphatic carbocycles. The summed E-state index contributed by atoms with van der Waals surface area (Å²) in [6.45, 7) is 6.91. The van der Waals surface area contributed by atoms with Gasteiger partial charge < -0.3 is 16.0 Å². The Morgan fingerprint density at radius 3 is 2.48 bits per heavy atom. The van der Waals surface area contributed by atoms with Crippen LogP contribution in [0.25, 0.3) is 5.82 Å². The van der Waals surface area contributed by atoms with E-state index in [2.05, 4.69) is 37.0 Å². The normalized spacial score (nSPS) is 10.5. The molecule has 0 radical (unpaired) electrons. The first-order valence-electron chi connectivity index (χ1n) is 8.70. The van der Waals surface area contributed by atoms with Crippen molar-refractivity contribution in [2.24, 2.45) is 0 Å². The Morgan fingerprint density at radius 2 is 1.78 bits per heavy atom. The number of imidazole rings is 1. The van der Waals surface area contributed by atoms with Gasteiger partial charge in [-0.2, -0.15) is 0 Å². The molecule has 8 nitrogen and oxygen atoms in total. The van der Waals surface area contributed by atoms with E-state index < -0.39 is 0 Å². The summed E-state index contributed by atoms with van der Waals surface area (Å²) in [5.74, 6) is 2.28. The SMILES string of the molecule is Cc1cc(C)cc(NC(=O)NCCNc2cc(-n3ccnc3C)ncn2)c1. The van der Waals surface area contributed by atoms with Gasteiger partial charge in [-0.05, 0) is 44.0 Å². The maximum absolute atomic E-state index is 12.0. The van der Waals surface area contributed by atoms with Gasteiger partial charge in [0, 0.05) is 37.2 Å². The molecule has 2 aromatic heterocycles. The second-order valence-corrected chi connectivity index (χ2v) is 6.29. The molecule has 0 fully saturated rings. The van der Waals surface area contributed by atoms with Crippen molar-refractivity contribution < 1.29 is 4.79 Å². The molecule has 3 rings (SSSR count). The molecular weight excluding hydrogens is 342 g/mol. The molecule has 3 aromatic rings. The van der Waals surface area contributed by atoms with Crippen LogP contribution in [0.2, 0.25) is 0 Å². The van der Waals surface area contributed by atoms with Crippen molar-refractivity contribution in [3.05, 3.63) is 59.9 Å². The lowest BCUT2D eigenvalue weighted by Crippen LogP contribution is -2.32. The average molecular weight is 365 g/mol. The number of hydrogen-bond acceptors (Lipinski definition) is 5. The largest absolute Gasteiger partial charge is 0.368 e. The van der Waals surface area contributed by atoms with Crippen LogP contribution in [-0.4, -0.2) is 38.6 Å². The number of benzene rings is 1. The molecule has 0 bridgehead atoms. The Balaban J connectivity index is 1.47. The van der Waals surface area contributed by atoms with Gasteiger partial charge in [0.15, 0.2) is 0 Å². The van der Waals surface area contributed by atoms with Gasteiger partial charge in [-0.25, -0.2) is 19.7 Å². The molecule has 3 N–H and O–H groups in total. The highest BCUT2D eigenvalue weighted by Gasteiger charge is 2.05. The third-order valence-corrected chi connectivity index (χ3v) is 3.92. The van der Waals surface area contributed by atoms with E-state index in [0.717, 1.165) is 28.5 Å². The fraction of sp³-hybridized carbons (Fsp3) is 0.263. The number of aromatic nitrogens is 4. The van der Waals surface area contributed by atoms with Gasteiger partial charge >= 0.3 is 6.03 Å². The zero-order chi connectivity index (χ0) is 19.2. The number of nitrogens with zero attached hydrogens (tertiary/aromatic N) is 4. The fourth-order valence-electron chi connectivity index (χ4n) is 2.78. The van der Waals surface area contributed by atoms with Gasteiger partial charge in [0.1, 0.15) is 23.8 Å². The van der Waals surface area contributed by atoms with Crippen molar-refractivity contribution in [3.63, 3.8) is 0 Å². The van der Waals surface area contributed by atoms with Crippen LogP contribution in [0.15, 0.2) is 43.0 Å². The summed E-state index contributed by atoms with van der Waals surface area (Å²) >= 11 is 0. The van der Waals surface area contributed by atoms with Crippen molar-refractivity contribution in [2.75, 3.05) is 23.7 Å². The molecule has 0 aliphatic rings. The Bertz CT molecular complexity index is 915. The molecule has 0 atom stereocenters. The minimum absolute atomic E-state index is 0.237. The zero-order valence-corrected chi connectivity index (χ0v) is 15.7. The lowest BCUT2D eigenvalue weighted by Gasteiger charge is -2.11. The van der Waals surface area contributed by atoms with Gasteiger partial charge in [-0.15, -0.1) is 0 Å². The predicted octanol–water partition coefficient (Wildman–Crippen LogP) is 2.82. The summed E-state index contributed by atoms with van der Waals surface area (Å²) in [5.41, 5.74) is 3.01. The molecule has 140 valence electrons. The minimum atomic E-state index is -0.237. The summed E-state index contributed by atoms with van der Waals surface area (Å²) in [4.78, 5) is 24.6. The van der Waals surface area contributed by atoms with Gasteiger partial charge in [-0.3, -0.25) is 4.57 Å². The third kappa shape index (κ3) is 5.04. The maximum Gasteiger partial charge on any atom is 0.319 e. The molecule has 1 aromatic carbocycles. The van der Waals surface area contributed by atoms with E-state index in [0.29, 0.717) is 18.9 Å². The summed E-state index contributed by atoms with van der Waals surface area (Å²) in [6, 6.07) is 7.54. The highest BCUT2D eigenvalue weighted by atomic mass is 16.2. The van der Waals surface area contributed by atoms with E-state index in [9.17, 15) is 4.79 Å². The monoisotopic (exact) mass is 365 g/mol. The standard InChI is InChI=1S/C19H23N7O/c1-13-8-14(2)10-16(9-13)25-19(27)22-5-4-21-17-11-18(24-12-23-17)26-7-6-20-15(26)3/h6-12H,4-5H2,1-3H3,(H,21,23,24)(H2,22,25,27). The molecule has 0 saturated heterocycles. The van der Waals surface area contributed by atoms with Crippen molar-refractivity contribution >= 4 is 17.5 Å². The van der Waals surface area contributed by atoms with Crippen LogP contribution in [0, 0.1) is 20.8 Å². The van der Waals surface area contributed by atoms with Crippen LogP contribution >= 0.6 is 0 Å². The number of urea groups is 1. The highest BCUT2D eigenvalue weighted by molar-refractivity contribution is 5.89. The molecular formula is C19H23N7O. The number of nitrogens with one attached hydrogen (secondary N) is 3. The zero-order valence-electron chi connectivity index (χ0n) is 15.7. The Morgan fingerprint density at radius 1 is 1.00 bits per heavy atom. The van der Waals surface area contributed by atoms with Gasteiger partial charge in [0.05, 0.1) is 0 Å². The number of carbonyl (C=O) groups is 1. The highest BCUT2D eigenvalue weighted by Crippen LogP contribution is 2.13. The molecule has 0 spiro atoms. The molecule has 8 heteroatoms. The average Bonchev–Trinajstić information content (AvgIpc) is 3.04. The molecule has 27 heavy (non-hydrogen) atoms. The number of amides is 2. The summed E-state index contributed by atoms with van der Waals surface area (Å²) in [7, 11) is 0. The first kappa shape index (κ1) is 18.4. The van der Waals surface area contributed by atoms with E-state index in [4.69, 9.17) is 0 Å². The van der Waals surface area contributed by atoms with Crippen molar-refractivity contribution in [1.29, 1.82) is 0 Å². The Labute approximate surface area is 158 Å². The van der Waals surface area contributed by atoms with Crippen LogP contribution in [0.5, 0.6) is 0 Å². The second-order valence-electron chi connectivity index (χ2n) is 6.29. The topological polar surface area (TPSA) is 96.8 Å². The second kappa shape index (κ2) is 8.31. The maximum atomic E-state index is 12.0. The summed E-state index contributed by atoms with van der Waals surface area (Å²) < 4.78 is 1.88. The predicted molar refractivity (Wildman–Crippen MR) is 105 cm³/mol. The van der Waals surface area contributed by atoms with Crippen molar-refractivity contribution in [1.82, 2.24) is 24.8 Å². The molecule has 2 amide bonds. The van der Waals surface area contributed by atoms with E-state index in [1.165, 1.54) is 6.33 Å². The number of hydrogen-bond donors (Lipinski definition) is 3. The summed E-state index contributed by atoms with van der Waals surface area (Å²) in [5, 5.41) is 8.84. The molecule has 2 heterocycles. The van der Waals surface area contributed by atoms with Crippen LogP contribution < -0.4 is 16.0 Å². The van der Waals surface area contributed by atoms with Gasteiger partial charge in [-0.1, -0.05) is 6.07 Å². The van der Waals surface area contributed by atoms with Gasteiger partial charge in [0.2, 0.25) is 0 Å². The van der Waals surface area contributed by atoms with Crippen LogP contribution in [0.3, 0.4) is 0 Å². The van der Waals surface area contributed by atoms with E-state index >= 15 is 0 Å². The third-order valence-electron chi connectivity index (χ3n) is 3.92. The van der Waals surface area contributed by atoms with E-state index in [-0.39, 0.29) is 6.03 Å². The number of carbonyl (C=O) groups excluding carboxylic acids is 1. The van der Waals surface area contributed by atoms with Gasteiger partial charge in [0.25, 0.3) is 0 Å². The Hall–Kier alpha value is -3.42. The molecule has 0 unspecified atom stereocenters. The van der Waals surface area contributed by atoms with Crippen molar-refractivity contribution in [3.8, 4) is 5.82 Å². The number of rotatable bonds is 6. The van der Waals surface area contributed by atoms with E-state index in [1.54, 1.807) is 6.20 Å². The number of aryl methyl sites for hydroxylation is 3. The minimum Gasteiger partial charge on any atom is -0.368 e. The Kier molecular flexibility index (Phi) is 5.65. The van der Waals surface area contributed by atoms with Crippen LogP contribution in [0.4, 0.5) is 16.3 Å². The van der Waals surface area contributed by atoms with Crippen LogP contribution in [-0.2, 0) is 0 Å². The van der Waals surface area contributed by atoms with Crippen LogP contribution in [0.1, 0.15) is 17.0 Å². The van der Waals surface area contributed by atoms with E-state index in [1.807, 2.05) is 49.7 Å². The first-order chi connectivity index (χ1) is 13.0. The quantitative estimate of drug-likeness (QED) is 0.584. The summed E-state index contributed by atoms with van der Waals surface area (Å²) in [6.07, 6.45) is 5.07.